The summed E-state index contributed by atoms with van der Waals surface area (Å²) in [6.07, 6.45) is 0. The standard InChI is InChI=1S/C23H21F2N5O/c1-29(2)14-13-26-23-27-20(15-7-4-3-5-8-15)16-11-12-19(31)30(22(16)28-23)21-17(24)9-6-10-18(21)25/h3-12H,13-14H2,1-2H3,(H,26,27,28). The molecule has 0 atom stereocenters. The Morgan fingerprint density at radius 2 is 1.65 bits per heavy atom. The van der Waals surface area contributed by atoms with E-state index in [1.165, 1.54) is 12.1 Å². The van der Waals surface area contributed by atoms with Gasteiger partial charge in [0.1, 0.15) is 17.3 Å². The Labute approximate surface area is 177 Å². The van der Waals surface area contributed by atoms with Crippen molar-refractivity contribution in [2.24, 2.45) is 0 Å². The van der Waals surface area contributed by atoms with Crippen molar-refractivity contribution in [1.29, 1.82) is 0 Å². The number of rotatable bonds is 6. The third-order valence-electron chi connectivity index (χ3n) is 4.80. The van der Waals surface area contributed by atoms with Crippen LogP contribution in [0.25, 0.3) is 28.0 Å². The monoisotopic (exact) mass is 421 g/mol. The van der Waals surface area contributed by atoms with Crippen LogP contribution in [-0.2, 0) is 0 Å². The van der Waals surface area contributed by atoms with Crippen molar-refractivity contribution in [3.05, 3.63) is 82.7 Å². The van der Waals surface area contributed by atoms with E-state index in [-0.39, 0.29) is 11.6 Å². The fourth-order valence-electron chi connectivity index (χ4n) is 3.32. The first kappa shape index (κ1) is 20.6. The van der Waals surface area contributed by atoms with Gasteiger partial charge in [-0.3, -0.25) is 9.36 Å². The van der Waals surface area contributed by atoms with E-state index in [4.69, 9.17) is 0 Å². The number of hydrogen-bond acceptors (Lipinski definition) is 5. The molecule has 31 heavy (non-hydrogen) atoms. The second-order valence-electron chi connectivity index (χ2n) is 7.31. The van der Waals surface area contributed by atoms with Gasteiger partial charge in [-0.2, -0.15) is 4.98 Å². The maximum absolute atomic E-state index is 14.6. The molecule has 0 radical (unpaired) electrons. The number of fused-ring (bicyclic) bond motifs is 1. The lowest BCUT2D eigenvalue weighted by molar-refractivity contribution is 0.425. The summed E-state index contributed by atoms with van der Waals surface area (Å²) in [7, 11) is 3.88. The summed E-state index contributed by atoms with van der Waals surface area (Å²) in [6, 6.07) is 15.7. The van der Waals surface area contributed by atoms with Crippen LogP contribution in [0.3, 0.4) is 0 Å². The number of likely N-dealkylation sites (N-methyl/N-ethyl adjacent to an activating group) is 1. The number of para-hydroxylation sites is 1. The molecule has 8 heteroatoms. The molecule has 0 saturated carbocycles. The maximum atomic E-state index is 14.6. The first-order chi connectivity index (χ1) is 15.0. The number of nitrogens with zero attached hydrogens (tertiary/aromatic N) is 4. The van der Waals surface area contributed by atoms with Gasteiger partial charge in [-0.1, -0.05) is 36.4 Å². The van der Waals surface area contributed by atoms with E-state index < -0.39 is 22.9 Å². The molecule has 0 bridgehead atoms. The van der Waals surface area contributed by atoms with Crippen molar-refractivity contribution in [2.45, 2.75) is 0 Å². The fourth-order valence-corrected chi connectivity index (χ4v) is 3.32. The van der Waals surface area contributed by atoms with Crippen LogP contribution in [0.5, 0.6) is 0 Å². The van der Waals surface area contributed by atoms with E-state index in [2.05, 4.69) is 15.3 Å². The Balaban J connectivity index is 2.01. The number of aromatic nitrogens is 3. The Morgan fingerprint density at radius 1 is 0.935 bits per heavy atom. The number of pyridine rings is 1. The lowest BCUT2D eigenvalue weighted by atomic mass is 10.1. The van der Waals surface area contributed by atoms with Crippen LogP contribution in [0.1, 0.15) is 0 Å². The maximum Gasteiger partial charge on any atom is 0.256 e. The van der Waals surface area contributed by atoms with Crippen LogP contribution in [-0.4, -0.2) is 46.6 Å². The van der Waals surface area contributed by atoms with Gasteiger partial charge in [-0.25, -0.2) is 13.8 Å². The Morgan fingerprint density at radius 3 is 2.32 bits per heavy atom. The molecule has 0 spiro atoms. The molecule has 0 unspecified atom stereocenters. The average molecular weight is 421 g/mol. The Kier molecular flexibility index (Phi) is 5.73. The van der Waals surface area contributed by atoms with Gasteiger partial charge in [-0.05, 0) is 32.3 Å². The minimum atomic E-state index is -0.850. The first-order valence-corrected chi connectivity index (χ1v) is 9.78. The minimum absolute atomic E-state index is 0.123. The third-order valence-corrected chi connectivity index (χ3v) is 4.80. The van der Waals surface area contributed by atoms with E-state index in [9.17, 15) is 13.6 Å². The van der Waals surface area contributed by atoms with Crippen LogP contribution in [0.15, 0.2) is 65.5 Å². The molecule has 1 N–H and O–H groups in total. The van der Waals surface area contributed by atoms with Crippen LogP contribution in [0, 0.1) is 11.6 Å². The van der Waals surface area contributed by atoms with E-state index in [1.807, 2.05) is 49.3 Å². The molecule has 4 rings (SSSR count). The average Bonchev–Trinajstić information content (AvgIpc) is 2.75. The summed E-state index contributed by atoms with van der Waals surface area (Å²) in [6.45, 7) is 1.28. The zero-order chi connectivity index (χ0) is 22.0. The minimum Gasteiger partial charge on any atom is -0.353 e. The summed E-state index contributed by atoms with van der Waals surface area (Å²) >= 11 is 0. The van der Waals surface area contributed by atoms with Crippen molar-refractivity contribution in [3.63, 3.8) is 0 Å². The molecule has 0 fully saturated rings. The summed E-state index contributed by atoms with van der Waals surface area (Å²) in [5, 5.41) is 3.65. The Hall–Kier alpha value is -3.65. The number of anilines is 1. The SMILES string of the molecule is CN(C)CCNc1nc(-c2ccccc2)c2ccc(=O)n(-c3c(F)cccc3F)c2n1. The van der Waals surface area contributed by atoms with Gasteiger partial charge in [0.2, 0.25) is 5.95 Å². The molecular weight excluding hydrogens is 400 g/mol. The highest BCUT2D eigenvalue weighted by molar-refractivity contribution is 5.92. The first-order valence-electron chi connectivity index (χ1n) is 9.78. The van der Waals surface area contributed by atoms with E-state index in [0.29, 0.717) is 17.6 Å². The highest BCUT2D eigenvalue weighted by Crippen LogP contribution is 2.28. The molecule has 2 aromatic heterocycles. The molecule has 2 aromatic carbocycles. The highest BCUT2D eigenvalue weighted by atomic mass is 19.1. The Bertz CT molecular complexity index is 1270. The van der Waals surface area contributed by atoms with Crippen molar-refractivity contribution in [1.82, 2.24) is 19.4 Å². The lowest BCUT2D eigenvalue weighted by Crippen LogP contribution is -2.23. The zero-order valence-electron chi connectivity index (χ0n) is 17.1. The molecule has 158 valence electrons. The van der Waals surface area contributed by atoms with Gasteiger partial charge >= 0.3 is 0 Å². The van der Waals surface area contributed by atoms with Crippen molar-refractivity contribution >= 4 is 17.0 Å². The van der Waals surface area contributed by atoms with Crippen molar-refractivity contribution in [3.8, 4) is 16.9 Å². The summed E-state index contributed by atoms with van der Waals surface area (Å²) in [5.41, 5.74) is 0.425. The molecular formula is C23H21F2N5O. The van der Waals surface area contributed by atoms with E-state index in [0.717, 1.165) is 28.8 Å². The lowest BCUT2D eigenvalue weighted by Gasteiger charge is -2.16. The normalized spacial score (nSPS) is 11.3. The van der Waals surface area contributed by atoms with Crippen LogP contribution in [0.2, 0.25) is 0 Å². The second kappa shape index (κ2) is 8.61. The second-order valence-corrected chi connectivity index (χ2v) is 7.31. The molecule has 0 saturated heterocycles. The van der Waals surface area contributed by atoms with Gasteiger partial charge in [0, 0.05) is 30.1 Å². The summed E-state index contributed by atoms with van der Waals surface area (Å²) < 4.78 is 30.2. The number of benzene rings is 2. The summed E-state index contributed by atoms with van der Waals surface area (Å²) in [5.74, 6) is -1.43. The van der Waals surface area contributed by atoms with Gasteiger partial charge < -0.3 is 10.2 Å². The van der Waals surface area contributed by atoms with Crippen LogP contribution >= 0.6 is 0 Å². The van der Waals surface area contributed by atoms with Gasteiger partial charge in [0.15, 0.2) is 5.65 Å². The molecule has 0 amide bonds. The van der Waals surface area contributed by atoms with Crippen molar-refractivity contribution in [2.75, 3.05) is 32.5 Å². The van der Waals surface area contributed by atoms with Gasteiger partial charge in [0.05, 0.1) is 5.69 Å². The smallest absolute Gasteiger partial charge is 0.256 e. The molecule has 0 aliphatic carbocycles. The van der Waals surface area contributed by atoms with Crippen LogP contribution in [0.4, 0.5) is 14.7 Å². The largest absolute Gasteiger partial charge is 0.353 e. The number of hydrogen-bond donors (Lipinski definition) is 1. The van der Waals surface area contributed by atoms with Crippen molar-refractivity contribution < 1.29 is 8.78 Å². The quantitative estimate of drug-likeness (QED) is 0.514. The number of halogens is 2. The zero-order valence-corrected chi connectivity index (χ0v) is 17.1. The predicted octanol–water partition coefficient (Wildman–Crippen LogP) is 3.70. The fraction of sp³-hybridized carbons (Fsp3) is 0.174. The van der Waals surface area contributed by atoms with Gasteiger partial charge in [-0.15, -0.1) is 0 Å². The molecule has 0 aliphatic heterocycles. The number of nitrogens with one attached hydrogen (secondary N) is 1. The highest BCUT2D eigenvalue weighted by Gasteiger charge is 2.19. The molecule has 6 nitrogen and oxygen atoms in total. The van der Waals surface area contributed by atoms with E-state index in [1.54, 1.807) is 6.07 Å². The van der Waals surface area contributed by atoms with Crippen LogP contribution < -0.4 is 10.9 Å². The summed E-state index contributed by atoms with van der Waals surface area (Å²) in [4.78, 5) is 23.8. The molecule has 4 aromatic rings. The molecule has 2 heterocycles. The third kappa shape index (κ3) is 4.15. The van der Waals surface area contributed by atoms with E-state index >= 15 is 0 Å². The van der Waals surface area contributed by atoms with Gasteiger partial charge in [0.25, 0.3) is 5.56 Å². The predicted molar refractivity (Wildman–Crippen MR) is 118 cm³/mol. The molecule has 0 aliphatic rings. The topological polar surface area (TPSA) is 63.1 Å².